The summed E-state index contributed by atoms with van der Waals surface area (Å²) >= 11 is 0. The number of nitrogens with two attached hydrogens (primary N) is 3. The second-order valence-corrected chi connectivity index (χ2v) is 7.09. The van der Waals surface area contributed by atoms with Crippen molar-refractivity contribution in [3.05, 3.63) is 0 Å². The van der Waals surface area contributed by atoms with E-state index in [-0.39, 0.29) is 18.9 Å². The number of amides is 3. The van der Waals surface area contributed by atoms with E-state index in [9.17, 15) is 29.4 Å². The average molecular weight is 447 g/mol. The van der Waals surface area contributed by atoms with Crippen LogP contribution in [-0.4, -0.2) is 87.9 Å². The number of nitrogens with one attached hydrogen (secondary N) is 3. The molecule has 0 aliphatic heterocycles. The number of nitrogens with zero attached hydrogens (tertiary/aromatic N) is 1. The quantitative estimate of drug-likeness (QED) is 0.0745. The summed E-state index contributed by atoms with van der Waals surface area (Å²) in [5, 5.41) is 35.2. The molecule has 0 aliphatic rings. The lowest BCUT2D eigenvalue weighted by Crippen LogP contribution is -2.60. The van der Waals surface area contributed by atoms with Crippen molar-refractivity contribution in [2.24, 2.45) is 22.2 Å². The zero-order valence-corrected chi connectivity index (χ0v) is 17.7. The third kappa shape index (κ3) is 10.6. The van der Waals surface area contributed by atoms with Crippen LogP contribution in [0.5, 0.6) is 0 Å². The van der Waals surface area contributed by atoms with Crippen molar-refractivity contribution in [1.82, 2.24) is 16.0 Å². The number of aliphatic hydroxyl groups excluding tert-OH is 2. The molecule has 3 amide bonds. The van der Waals surface area contributed by atoms with Crippen molar-refractivity contribution in [2.75, 3.05) is 6.54 Å². The maximum absolute atomic E-state index is 12.7. The number of carbonyl (C=O) groups is 4. The van der Waals surface area contributed by atoms with E-state index < -0.39 is 60.1 Å². The number of carbonyl (C=O) groups excluding carboxylic acids is 3. The first-order chi connectivity index (χ1) is 14.3. The van der Waals surface area contributed by atoms with Crippen molar-refractivity contribution < 1.29 is 34.5 Å². The third-order valence-corrected chi connectivity index (χ3v) is 4.10. The predicted molar refractivity (Wildman–Crippen MR) is 110 cm³/mol. The van der Waals surface area contributed by atoms with Crippen LogP contribution in [-0.2, 0) is 19.2 Å². The van der Waals surface area contributed by atoms with E-state index in [2.05, 4.69) is 15.6 Å². The molecule has 0 fully saturated rings. The number of aliphatic imine (C=N–C) groups is 1. The Labute approximate surface area is 179 Å². The fourth-order valence-corrected chi connectivity index (χ4v) is 2.37. The van der Waals surface area contributed by atoms with Gasteiger partial charge in [-0.25, -0.2) is 4.79 Å². The van der Waals surface area contributed by atoms with Crippen LogP contribution in [0.25, 0.3) is 0 Å². The summed E-state index contributed by atoms with van der Waals surface area (Å²) in [7, 11) is 0. The van der Waals surface area contributed by atoms with Gasteiger partial charge in [-0.1, -0.05) is 0 Å². The maximum Gasteiger partial charge on any atom is 0.328 e. The van der Waals surface area contributed by atoms with E-state index in [1.165, 1.54) is 13.8 Å². The summed E-state index contributed by atoms with van der Waals surface area (Å²) in [6, 6.07) is -5.25. The van der Waals surface area contributed by atoms with E-state index >= 15 is 0 Å². The second kappa shape index (κ2) is 13.4. The number of aliphatic carboxylic acids is 1. The molecule has 0 saturated carbocycles. The highest BCUT2D eigenvalue weighted by Gasteiger charge is 2.33. The number of carboxylic acids is 1. The summed E-state index contributed by atoms with van der Waals surface area (Å²) < 4.78 is 0. The monoisotopic (exact) mass is 447 g/mol. The lowest BCUT2D eigenvalue weighted by molar-refractivity contribution is -0.146. The van der Waals surface area contributed by atoms with Gasteiger partial charge in [0.15, 0.2) is 12.0 Å². The molecular formula is C17H33N7O7. The Balaban J connectivity index is 5.38. The van der Waals surface area contributed by atoms with Gasteiger partial charge in [0.25, 0.3) is 0 Å². The fraction of sp³-hybridized carbons (Fsp3) is 0.706. The molecule has 0 aromatic carbocycles. The Bertz CT molecular complexity index is 663. The van der Waals surface area contributed by atoms with E-state index in [0.717, 1.165) is 6.92 Å². The largest absolute Gasteiger partial charge is 0.480 e. The molecule has 0 radical (unpaired) electrons. The second-order valence-electron chi connectivity index (χ2n) is 7.09. The van der Waals surface area contributed by atoms with Crippen LogP contribution < -0.4 is 33.2 Å². The van der Waals surface area contributed by atoms with Crippen molar-refractivity contribution in [2.45, 2.75) is 70.0 Å². The topological polar surface area (TPSA) is 255 Å². The molecule has 6 unspecified atom stereocenters. The summed E-state index contributed by atoms with van der Waals surface area (Å²) in [4.78, 5) is 52.0. The highest BCUT2D eigenvalue weighted by atomic mass is 16.4. The molecule has 178 valence electrons. The van der Waals surface area contributed by atoms with Crippen LogP contribution in [0.4, 0.5) is 0 Å². The SMILES string of the molecule is CC(N)C(=O)NC(CCCN=C(N)N)C(=O)NC(C(=O)NC(C(=O)O)C(C)O)C(C)O. The third-order valence-electron chi connectivity index (χ3n) is 4.10. The lowest BCUT2D eigenvalue weighted by Gasteiger charge is -2.26. The molecule has 0 aromatic heterocycles. The van der Waals surface area contributed by atoms with Crippen LogP contribution in [0.3, 0.4) is 0 Å². The van der Waals surface area contributed by atoms with Gasteiger partial charge < -0.3 is 48.5 Å². The van der Waals surface area contributed by atoms with Crippen molar-refractivity contribution in [3.63, 3.8) is 0 Å². The highest BCUT2D eigenvalue weighted by molar-refractivity contribution is 5.94. The number of carboxylic acid groups (broad SMARTS) is 1. The highest BCUT2D eigenvalue weighted by Crippen LogP contribution is 2.03. The normalized spacial score (nSPS) is 16.6. The van der Waals surface area contributed by atoms with Crippen LogP contribution >= 0.6 is 0 Å². The standard InChI is InChI=1S/C17H33N7O7/c1-7(18)13(27)22-10(5-4-6-21-17(19)20)14(28)23-11(8(2)25)15(29)24-12(9(3)26)16(30)31/h7-12,25-26H,4-6,18H2,1-3H3,(H,22,27)(H,23,28)(H,24,29)(H,30,31)(H4,19,20,21). The number of hydrogen-bond acceptors (Lipinski definition) is 8. The van der Waals surface area contributed by atoms with Gasteiger partial charge in [0.05, 0.1) is 18.2 Å². The Kier molecular flexibility index (Phi) is 12.1. The van der Waals surface area contributed by atoms with Gasteiger partial charge in [-0.05, 0) is 33.6 Å². The van der Waals surface area contributed by atoms with Crippen LogP contribution in [0, 0.1) is 0 Å². The number of guanidine groups is 1. The van der Waals surface area contributed by atoms with E-state index in [1.807, 2.05) is 5.32 Å². The van der Waals surface area contributed by atoms with Gasteiger partial charge in [0.2, 0.25) is 17.7 Å². The molecule has 14 heteroatoms. The van der Waals surface area contributed by atoms with Crippen LogP contribution in [0.1, 0.15) is 33.6 Å². The van der Waals surface area contributed by atoms with Gasteiger partial charge in [-0.15, -0.1) is 0 Å². The fourth-order valence-electron chi connectivity index (χ4n) is 2.37. The number of rotatable bonds is 13. The van der Waals surface area contributed by atoms with Gasteiger partial charge in [0, 0.05) is 6.54 Å². The van der Waals surface area contributed by atoms with Crippen molar-refractivity contribution in [3.8, 4) is 0 Å². The first-order valence-corrected chi connectivity index (χ1v) is 9.58. The maximum atomic E-state index is 12.7. The van der Waals surface area contributed by atoms with Gasteiger partial charge in [0.1, 0.15) is 12.1 Å². The molecule has 6 atom stereocenters. The number of hydrogen-bond donors (Lipinski definition) is 9. The Morgan fingerprint density at radius 2 is 1.39 bits per heavy atom. The molecule has 31 heavy (non-hydrogen) atoms. The summed E-state index contributed by atoms with van der Waals surface area (Å²) in [6.07, 6.45) is -2.47. The number of aliphatic hydroxyl groups is 2. The zero-order chi connectivity index (χ0) is 24.3. The Morgan fingerprint density at radius 3 is 1.81 bits per heavy atom. The first kappa shape index (κ1) is 28.0. The summed E-state index contributed by atoms with van der Waals surface area (Å²) in [5.41, 5.74) is 16.0. The molecule has 0 rings (SSSR count). The average Bonchev–Trinajstić information content (AvgIpc) is 2.64. The van der Waals surface area contributed by atoms with Crippen LogP contribution in [0.15, 0.2) is 4.99 Å². The summed E-state index contributed by atoms with van der Waals surface area (Å²) in [5.74, 6) is -4.11. The Hall–Kier alpha value is -2.97. The molecule has 0 spiro atoms. The minimum Gasteiger partial charge on any atom is -0.480 e. The minimum absolute atomic E-state index is 0.0840. The molecule has 0 aliphatic carbocycles. The lowest BCUT2D eigenvalue weighted by atomic mass is 10.1. The molecule has 12 N–H and O–H groups in total. The molecule has 0 aromatic rings. The van der Waals surface area contributed by atoms with Gasteiger partial charge >= 0.3 is 5.97 Å². The van der Waals surface area contributed by atoms with Gasteiger partial charge in [-0.3, -0.25) is 19.4 Å². The molecule has 0 heterocycles. The van der Waals surface area contributed by atoms with Crippen LogP contribution in [0.2, 0.25) is 0 Å². The predicted octanol–water partition coefficient (Wildman–Crippen LogP) is -4.31. The minimum atomic E-state index is -1.65. The van der Waals surface area contributed by atoms with Crippen molar-refractivity contribution >= 4 is 29.7 Å². The summed E-state index contributed by atoms with van der Waals surface area (Å²) in [6.45, 7) is 3.95. The molecular weight excluding hydrogens is 414 g/mol. The molecule has 14 nitrogen and oxygen atoms in total. The Morgan fingerprint density at radius 1 is 0.871 bits per heavy atom. The molecule has 0 bridgehead atoms. The molecule has 0 saturated heterocycles. The van der Waals surface area contributed by atoms with Gasteiger partial charge in [-0.2, -0.15) is 0 Å². The van der Waals surface area contributed by atoms with E-state index in [0.29, 0.717) is 6.42 Å². The first-order valence-electron chi connectivity index (χ1n) is 9.58. The van der Waals surface area contributed by atoms with E-state index in [1.54, 1.807) is 0 Å². The smallest absolute Gasteiger partial charge is 0.328 e. The van der Waals surface area contributed by atoms with E-state index in [4.69, 9.17) is 22.3 Å². The van der Waals surface area contributed by atoms with Crippen molar-refractivity contribution in [1.29, 1.82) is 0 Å². The zero-order valence-electron chi connectivity index (χ0n) is 17.7.